The van der Waals surface area contributed by atoms with Crippen molar-refractivity contribution in [3.05, 3.63) is 0 Å². The van der Waals surface area contributed by atoms with Crippen LogP contribution in [0.5, 0.6) is 0 Å². The minimum Gasteiger partial charge on any atom is -0.465 e. The largest absolute Gasteiger partial charge is 0.465 e. The fraction of sp³-hybridized carbons (Fsp3) is 0.900. The summed E-state index contributed by atoms with van der Waals surface area (Å²) in [5.74, 6) is 0. The van der Waals surface area contributed by atoms with Crippen LogP contribution in [0.4, 0.5) is 4.79 Å². The third-order valence-electron chi connectivity index (χ3n) is 2.45. The summed E-state index contributed by atoms with van der Waals surface area (Å²) < 4.78 is 0. The highest BCUT2D eigenvalue weighted by Gasteiger charge is 2.24. The molecule has 0 bridgehead atoms. The van der Waals surface area contributed by atoms with E-state index >= 15 is 0 Å². The molecule has 1 rings (SSSR count). The number of likely N-dealkylation sites (N-methyl/N-ethyl adjacent to an activating group) is 1. The smallest absolute Gasteiger partial charge is 0.404 e. The lowest BCUT2D eigenvalue weighted by Crippen LogP contribution is -2.50. The highest BCUT2D eigenvalue weighted by molar-refractivity contribution is 5.65. The van der Waals surface area contributed by atoms with Gasteiger partial charge in [-0.25, -0.2) is 4.79 Å². The topological polar surface area (TPSA) is 61.4 Å². The van der Waals surface area contributed by atoms with Crippen molar-refractivity contribution in [2.24, 2.45) is 0 Å². The number of hydrogen-bond acceptors (Lipinski definition) is 2. The summed E-state index contributed by atoms with van der Waals surface area (Å²) >= 11 is 0. The Morgan fingerprint density at radius 1 is 1.21 bits per heavy atom. The molecule has 2 atom stereocenters. The van der Waals surface area contributed by atoms with Crippen molar-refractivity contribution in [3.8, 4) is 0 Å². The van der Waals surface area contributed by atoms with Gasteiger partial charge in [0.15, 0.2) is 0 Å². The molecule has 0 aromatic heterocycles. The van der Waals surface area contributed by atoms with Gasteiger partial charge in [0.2, 0.25) is 0 Å². The Kier molecular flexibility index (Phi) is 7.20. The SMILES string of the molecule is CC.CN[C@@H]1CCCC[C@@H]1NC(=O)O. The molecule has 1 amide bonds. The number of nitrogens with one attached hydrogen (secondary N) is 2. The number of hydrogen-bond donors (Lipinski definition) is 3. The highest BCUT2D eigenvalue weighted by atomic mass is 16.4. The molecular formula is C10H22N2O2. The predicted molar refractivity (Wildman–Crippen MR) is 57.6 cm³/mol. The fourth-order valence-corrected chi connectivity index (χ4v) is 1.81. The van der Waals surface area contributed by atoms with E-state index in [2.05, 4.69) is 10.6 Å². The molecular weight excluding hydrogens is 180 g/mol. The predicted octanol–water partition coefficient (Wildman–Crippen LogP) is 1.81. The minimum atomic E-state index is -0.915. The Balaban J connectivity index is 0.000000791. The number of amides is 1. The second-order valence-electron chi connectivity index (χ2n) is 3.24. The van der Waals surface area contributed by atoms with Gasteiger partial charge in [0.25, 0.3) is 0 Å². The Hall–Kier alpha value is -0.770. The fourth-order valence-electron chi connectivity index (χ4n) is 1.81. The Morgan fingerprint density at radius 3 is 2.14 bits per heavy atom. The van der Waals surface area contributed by atoms with Crippen LogP contribution >= 0.6 is 0 Å². The summed E-state index contributed by atoms with van der Waals surface area (Å²) in [6.07, 6.45) is 3.44. The maximum atomic E-state index is 10.4. The Labute approximate surface area is 86.1 Å². The van der Waals surface area contributed by atoms with Crippen LogP contribution < -0.4 is 10.6 Å². The van der Waals surface area contributed by atoms with Gasteiger partial charge in [-0.2, -0.15) is 0 Å². The van der Waals surface area contributed by atoms with E-state index in [0.717, 1.165) is 19.3 Å². The van der Waals surface area contributed by atoms with Gasteiger partial charge in [-0.3, -0.25) is 0 Å². The van der Waals surface area contributed by atoms with Crippen molar-refractivity contribution < 1.29 is 9.90 Å². The molecule has 1 fully saturated rings. The van der Waals surface area contributed by atoms with Gasteiger partial charge in [0.05, 0.1) is 0 Å². The molecule has 4 heteroatoms. The van der Waals surface area contributed by atoms with Crippen LogP contribution in [0.25, 0.3) is 0 Å². The van der Waals surface area contributed by atoms with Crippen LogP contribution in [-0.2, 0) is 0 Å². The van der Waals surface area contributed by atoms with Crippen LogP contribution in [0.1, 0.15) is 39.5 Å². The van der Waals surface area contributed by atoms with Crippen LogP contribution in [0.15, 0.2) is 0 Å². The summed E-state index contributed by atoms with van der Waals surface area (Å²) in [6, 6.07) is 0.413. The molecule has 0 unspecified atom stereocenters. The van der Waals surface area contributed by atoms with E-state index in [1.807, 2.05) is 20.9 Å². The average Bonchev–Trinajstić information content (AvgIpc) is 2.21. The first-order valence-electron chi connectivity index (χ1n) is 5.40. The summed E-state index contributed by atoms with van der Waals surface area (Å²) in [4.78, 5) is 10.4. The van der Waals surface area contributed by atoms with E-state index < -0.39 is 6.09 Å². The van der Waals surface area contributed by atoms with E-state index in [0.29, 0.717) is 6.04 Å². The van der Waals surface area contributed by atoms with E-state index in [4.69, 9.17) is 5.11 Å². The Morgan fingerprint density at radius 2 is 1.71 bits per heavy atom. The molecule has 0 saturated heterocycles. The van der Waals surface area contributed by atoms with Gasteiger partial charge in [-0.1, -0.05) is 26.7 Å². The van der Waals surface area contributed by atoms with Crippen molar-refractivity contribution in [2.75, 3.05) is 7.05 Å². The van der Waals surface area contributed by atoms with Crippen LogP contribution in [0, 0.1) is 0 Å². The quantitative estimate of drug-likeness (QED) is 0.640. The highest BCUT2D eigenvalue weighted by Crippen LogP contribution is 2.17. The monoisotopic (exact) mass is 202 g/mol. The zero-order chi connectivity index (χ0) is 11.0. The minimum absolute atomic E-state index is 0.0984. The zero-order valence-corrected chi connectivity index (χ0v) is 9.34. The first-order valence-corrected chi connectivity index (χ1v) is 5.40. The third kappa shape index (κ3) is 4.46. The molecule has 1 aliphatic rings. The molecule has 0 radical (unpaired) electrons. The molecule has 0 aromatic rings. The van der Waals surface area contributed by atoms with Gasteiger partial charge >= 0.3 is 6.09 Å². The molecule has 0 aromatic carbocycles. The second kappa shape index (κ2) is 7.62. The van der Waals surface area contributed by atoms with Gasteiger partial charge in [0, 0.05) is 12.1 Å². The number of carbonyl (C=O) groups is 1. The molecule has 0 heterocycles. The molecule has 1 saturated carbocycles. The van der Waals surface area contributed by atoms with Crippen LogP contribution in [-0.4, -0.2) is 30.3 Å². The average molecular weight is 202 g/mol. The Bertz CT molecular complexity index is 162. The van der Waals surface area contributed by atoms with E-state index in [9.17, 15) is 4.79 Å². The van der Waals surface area contributed by atoms with Gasteiger partial charge in [-0.15, -0.1) is 0 Å². The summed E-state index contributed by atoms with van der Waals surface area (Å²) in [7, 11) is 1.88. The maximum Gasteiger partial charge on any atom is 0.404 e. The van der Waals surface area contributed by atoms with Crippen molar-refractivity contribution >= 4 is 6.09 Å². The third-order valence-corrected chi connectivity index (χ3v) is 2.45. The second-order valence-corrected chi connectivity index (χ2v) is 3.24. The zero-order valence-electron chi connectivity index (χ0n) is 9.34. The normalized spacial score (nSPS) is 25.9. The molecule has 0 aliphatic heterocycles. The van der Waals surface area contributed by atoms with E-state index in [-0.39, 0.29) is 6.04 Å². The molecule has 14 heavy (non-hydrogen) atoms. The molecule has 3 N–H and O–H groups in total. The lowest BCUT2D eigenvalue weighted by Gasteiger charge is -2.30. The van der Waals surface area contributed by atoms with Crippen molar-refractivity contribution in [3.63, 3.8) is 0 Å². The van der Waals surface area contributed by atoms with Crippen molar-refractivity contribution in [1.29, 1.82) is 0 Å². The molecule has 0 spiro atoms. The van der Waals surface area contributed by atoms with Crippen LogP contribution in [0.2, 0.25) is 0 Å². The summed E-state index contributed by atoms with van der Waals surface area (Å²) in [5.41, 5.74) is 0. The lowest BCUT2D eigenvalue weighted by atomic mass is 9.90. The molecule has 1 aliphatic carbocycles. The van der Waals surface area contributed by atoms with Gasteiger partial charge in [0.1, 0.15) is 0 Å². The molecule has 4 nitrogen and oxygen atoms in total. The van der Waals surface area contributed by atoms with Gasteiger partial charge in [-0.05, 0) is 19.9 Å². The number of carboxylic acid groups (broad SMARTS) is 1. The maximum absolute atomic E-state index is 10.4. The van der Waals surface area contributed by atoms with Crippen molar-refractivity contribution in [2.45, 2.75) is 51.6 Å². The lowest BCUT2D eigenvalue weighted by molar-refractivity contribution is 0.180. The standard InChI is InChI=1S/C8H16N2O2.C2H6/c1-9-6-4-2-3-5-7(6)10-8(11)12;1-2/h6-7,9-10H,2-5H2,1H3,(H,11,12);1-2H3/t6-,7+;/m1./s1. The first-order chi connectivity index (χ1) is 6.74. The summed E-state index contributed by atoms with van der Waals surface area (Å²) in [5, 5.41) is 14.2. The van der Waals surface area contributed by atoms with Crippen molar-refractivity contribution in [1.82, 2.24) is 10.6 Å². The van der Waals surface area contributed by atoms with Gasteiger partial charge < -0.3 is 15.7 Å². The van der Waals surface area contributed by atoms with E-state index in [1.54, 1.807) is 0 Å². The number of rotatable bonds is 2. The molecule has 84 valence electrons. The summed E-state index contributed by atoms with van der Waals surface area (Å²) in [6.45, 7) is 4.00. The van der Waals surface area contributed by atoms with Crippen LogP contribution in [0.3, 0.4) is 0 Å². The van der Waals surface area contributed by atoms with E-state index in [1.165, 1.54) is 6.42 Å². The first kappa shape index (κ1) is 13.2.